The number of hydrogen-bond donors (Lipinski definition) is 4. The van der Waals surface area contributed by atoms with Gasteiger partial charge >= 0.3 is 0 Å². The first-order valence-electron chi connectivity index (χ1n) is 2.74. The second kappa shape index (κ2) is 5.93. The second-order valence-corrected chi connectivity index (χ2v) is 1.57. The third kappa shape index (κ3) is 7.80. The summed E-state index contributed by atoms with van der Waals surface area (Å²) < 4.78 is 0. The maximum absolute atomic E-state index is 8.23. The smallest absolute Gasteiger partial charge is 0.0637 e. The van der Waals surface area contributed by atoms with Crippen LogP contribution in [0.1, 0.15) is 0 Å². The van der Waals surface area contributed by atoms with E-state index in [1.165, 1.54) is 0 Å². The van der Waals surface area contributed by atoms with Crippen LogP contribution in [0.4, 0.5) is 0 Å². The molecule has 0 aromatic rings. The zero-order valence-electron chi connectivity index (χ0n) is 5.12. The van der Waals surface area contributed by atoms with Crippen molar-refractivity contribution in [2.45, 2.75) is 0 Å². The maximum Gasteiger partial charge on any atom is 0.0637 e. The van der Waals surface area contributed by atoms with Crippen LogP contribution in [0, 0.1) is 0 Å². The van der Waals surface area contributed by atoms with Crippen LogP contribution in [0.25, 0.3) is 0 Å². The van der Waals surface area contributed by atoms with E-state index >= 15 is 0 Å². The molecular weight excluding hydrogens is 124 g/mol. The lowest BCUT2D eigenvalue weighted by molar-refractivity contribution is -0.305. The van der Waals surface area contributed by atoms with Crippen molar-refractivity contribution < 1.29 is 15.5 Å². The normalized spacial score (nSPS) is 10.7. The average Bonchev–Trinajstić information content (AvgIpc) is 1.80. The molecule has 0 amide bonds. The van der Waals surface area contributed by atoms with E-state index in [-0.39, 0.29) is 18.4 Å². The first-order valence-corrected chi connectivity index (χ1v) is 2.74. The molecule has 4 N–H and O–H groups in total. The molecule has 0 rings (SSSR count). The Morgan fingerprint density at radius 1 is 1.22 bits per heavy atom. The fraction of sp³-hybridized carbons (Fsp3) is 1.00. The van der Waals surface area contributed by atoms with Gasteiger partial charge in [-0.1, -0.05) is 5.23 Å². The van der Waals surface area contributed by atoms with Gasteiger partial charge in [0.2, 0.25) is 0 Å². The summed E-state index contributed by atoms with van der Waals surface area (Å²) in [4.78, 5) is 0. The van der Waals surface area contributed by atoms with Gasteiger partial charge in [-0.05, 0) is 0 Å². The van der Waals surface area contributed by atoms with Gasteiger partial charge in [0.05, 0.1) is 13.2 Å². The first-order chi connectivity index (χ1) is 4.27. The molecule has 0 bridgehead atoms. The molecule has 0 aliphatic heterocycles. The molecule has 0 saturated carbocycles. The number of nitrogens with one attached hydrogen (secondary N) is 1. The number of rotatable bonds is 5. The molecule has 0 spiro atoms. The minimum Gasteiger partial charge on any atom is -0.395 e. The Balaban J connectivity index is 2.75. The lowest BCUT2D eigenvalue weighted by Gasteiger charge is -2.05. The molecule has 0 aromatic heterocycles. The molecule has 0 fully saturated rings. The molecule has 0 aromatic carbocycles. The Labute approximate surface area is 53.4 Å². The van der Waals surface area contributed by atoms with Crippen molar-refractivity contribution in [2.75, 3.05) is 26.2 Å². The quantitative estimate of drug-likeness (QED) is 0.278. The summed E-state index contributed by atoms with van der Waals surface area (Å²) in [6.45, 7) is 1.14. The molecular formula is C4H12N2O3. The Hall–Kier alpha value is -0.200. The molecule has 5 heteroatoms. The van der Waals surface area contributed by atoms with Crippen LogP contribution in [0.2, 0.25) is 0 Å². The van der Waals surface area contributed by atoms with E-state index in [4.69, 9.17) is 15.5 Å². The number of aliphatic hydroxyl groups is 1. The fourth-order valence-electron chi connectivity index (χ4n) is 0.383. The van der Waals surface area contributed by atoms with E-state index in [2.05, 4.69) is 5.32 Å². The van der Waals surface area contributed by atoms with Crippen LogP contribution in [-0.2, 0) is 0 Å². The molecule has 0 radical (unpaired) electrons. The van der Waals surface area contributed by atoms with Crippen molar-refractivity contribution in [3.8, 4) is 0 Å². The Kier molecular flexibility index (Phi) is 5.80. The molecule has 0 aliphatic carbocycles. The lowest BCUT2D eigenvalue weighted by Crippen LogP contribution is -2.29. The number of aliphatic hydroxyl groups excluding tert-OH is 1. The highest BCUT2D eigenvalue weighted by Crippen LogP contribution is 1.67. The predicted octanol–water partition coefficient (Wildman–Crippen LogP) is -1.35. The van der Waals surface area contributed by atoms with Crippen LogP contribution in [0.3, 0.4) is 0 Å². The van der Waals surface area contributed by atoms with Crippen molar-refractivity contribution in [1.82, 2.24) is 10.5 Å². The van der Waals surface area contributed by atoms with Crippen LogP contribution < -0.4 is 5.32 Å². The van der Waals surface area contributed by atoms with E-state index in [0.29, 0.717) is 13.1 Å². The summed E-state index contributed by atoms with van der Waals surface area (Å²) in [5.74, 6) is 0. The minimum atomic E-state index is 0.0663. The van der Waals surface area contributed by atoms with Gasteiger partial charge in [-0.25, -0.2) is 0 Å². The summed E-state index contributed by atoms with van der Waals surface area (Å²) in [5.41, 5.74) is 0. The van der Waals surface area contributed by atoms with E-state index in [0.717, 1.165) is 0 Å². The molecule has 0 unspecified atom stereocenters. The highest BCUT2D eigenvalue weighted by Gasteiger charge is 1.90. The Morgan fingerprint density at radius 3 is 2.33 bits per heavy atom. The third-order valence-electron chi connectivity index (χ3n) is 0.777. The minimum absolute atomic E-state index is 0.0663. The molecule has 5 nitrogen and oxygen atoms in total. The van der Waals surface area contributed by atoms with Crippen molar-refractivity contribution >= 4 is 0 Å². The van der Waals surface area contributed by atoms with Crippen LogP contribution in [0.15, 0.2) is 0 Å². The fourth-order valence-corrected chi connectivity index (χ4v) is 0.383. The van der Waals surface area contributed by atoms with Gasteiger partial charge in [0, 0.05) is 13.1 Å². The van der Waals surface area contributed by atoms with Crippen molar-refractivity contribution in [3.05, 3.63) is 0 Å². The van der Waals surface area contributed by atoms with E-state index in [9.17, 15) is 0 Å². The van der Waals surface area contributed by atoms with E-state index in [1.54, 1.807) is 0 Å². The zero-order valence-corrected chi connectivity index (χ0v) is 5.12. The molecule has 9 heavy (non-hydrogen) atoms. The summed E-state index contributed by atoms with van der Waals surface area (Å²) in [7, 11) is 0. The van der Waals surface area contributed by atoms with Gasteiger partial charge in [0.25, 0.3) is 0 Å². The van der Waals surface area contributed by atoms with Crippen molar-refractivity contribution in [3.63, 3.8) is 0 Å². The lowest BCUT2D eigenvalue weighted by atomic mass is 10.6. The van der Waals surface area contributed by atoms with Crippen molar-refractivity contribution in [2.24, 2.45) is 0 Å². The second-order valence-electron chi connectivity index (χ2n) is 1.57. The average molecular weight is 136 g/mol. The highest BCUT2D eigenvalue weighted by molar-refractivity contribution is 4.43. The molecule has 0 aliphatic rings. The largest absolute Gasteiger partial charge is 0.395 e. The zero-order chi connectivity index (χ0) is 7.11. The summed E-state index contributed by atoms with van der Waals surface area (Å²) in [5, 5.41) is 27.4. The summed E-state index contributed by atoms with van der Waals surface area (Å²) in [6.07, 6.45) is 0. The Bertz CT molecular complexity index is 59.8. The van der Waals surface area contributed by atoms with Gasteiger partial charge in [-0.2, -0.15) is 0 Å². The molecule has 0 heterocycles. The Morgan fingerprint density at radius 2 is 1.89 bits per heavy atom. The molecule has 56 valence electrons. The standard InChI is InChI=1S/C4H12N2O3/c7-4-2-5-1-3-6(8)9/h5,7-9H,1-4H2. The number of hydroxylamine groups is 2. The monoisotopic (exact) mass is 136 g/mol. The van der Waals surface area contributed by atoms with E-state index < -0.39 is 0 Å². The van der Waals surface area contributed by atoms with Gasteiger partial charge in [-0.15, -0.1) is 0 Å². The number of nitrogens with zero attached hydrogens (tertiary/aromatic N) is 1. The predicted molar refractivity (Wildman–Crippen MR) is 30.2 cm³/mol. The van der Waals surface area contributed by atoms with Crippen molar-refractivity contribution in [1.29, 1.82) is 0 Å². The highest BCUT2D eigenvalue weighted by atomic mass is 16.8. The van der Waals surface area contributed by atoms with Gasteiger partial charge in [-0.3, -0.25) is 10.4 Å². The SMILES string of the molecule is OCCNCCN(O)O. The first kappa shape index (κ1) is 8.80. The van der Waals surface area contributed by atoms with Crippen LogP contribution >= 0.6 is 0 Å². The summed E-state index contributed by atoms with van der Waals surface area (Å²) in [6, 6.07) is 0. The van der Waals surface area contributed by atoms with Gasteiger partial charge in [0.15, 0.2) is 0 Å². The van der Waals surface area contributed by atoms with Crippen LogP contribution in [0.5, 0.6) is 0 Å². The molecule has 0 saturated heterocycles. The summed E-state index contributed by atoms with van der Waals surface area (Å²) >= 11 is 0. The molecule has 0 atom stereocenters. The van der Waals surface area contributed by atoms with Gasteiger partial charge in [0.1, 0.15) is 0 Å². The number of hydrogen-bond acceptors (Lipinski definition) is 5. The third-order valence-corrected chi connectivity index (χ3v) is 0.777. The van der Waals surface area contributed by atoms with Crippen LogP contribution in [-0.4, -0.2) is 47.0 Å². The van der Waals surface area contributed by atoms with Gasteiger partial charge < -0.3 is 10.4 Å². The van der Waals surface area contributed by atoms with E-state index in [1.807, 2.05) is 0 Å². The topological polar surface area (TPSA) is 76.0 Å². The maximum atomic E-state index is 8.23.